The minimum absolute atomic E-state index is 0.226. The van der Waals surface area contributed by atoms with Crippen LogP contribution in [-0.2, 0) is 6.54 Å². The number of hydrogen-bond donors (Lipinski definition) is 1. The second kappa shape index (κ2) is 5.99. The number of aromatic nitrogens is 2. The van der Waals surface area contributed by atoms with Gasteiger partial charge in [-0.2, -0.15) is 5.26 Å². The number of imidazole rings is 1. The highest BCUT2D eigenvalue weighted by molar-refractivity contribution is 6.04. The third kappa shape index (κ3) is 2.84. The van der Waals surface area contributed by atoms with Gasteiger partial charge < -0.3 is 15.2 Å². The predicted molar refractivity (Wildman–Crippen MR) is 75.2 cm³/mol. The summed E-state index contributed by atoms with van der Waals surface area (Å²) in [7, 11) is 1.65. The molecule has 0 radical (unpaired) electrons. The molecule has 6 heteroatoms. The largest absolute Gasteiger partial charge is 0.335 e. The summed E-state index contributed by atoms with van der Waals surface area (Å²) in [6.45, 7) is 1.11. The van der Waals surface area contributed by atoms with E-state index in [9.17, 15) is 4.79 Å². The van der Waals surface area contributed by atoms with E-state index in [-0.39, 0.29) is 5.91 Å². The summed E-state index contributed by atoms with van der Waals surface area (Å²) in [5, 5.41) is 8.88. The van der Waals surface area contributed by atoms with Crippen LogP contribution in [0, 0.1) is 11.3 Å². The molecule has 6 nitrogen and oxygen atoms in total. The lowest BCUT2D eigenvalue weighted by atomic mass is 10.2. The maximum atomic E-state index is 12.3. The Balaban J connectivity index is 2.20. The molecule has 0 saturated carbocycles. The molecule has 0 aliphatic carbocycles. The zero-order valence-electron chi connectivity index (χ0n) is 11.2. The molecule has 0 aliphatic rings. The number of carbonyl (C=O) groups is 1. The first-order chi connectivity index (χ1) is 9.65. The molecule has 0 unspecified atom stereocenters. The van der Waals surface area contributed by atoms with E-state index in [1.165, 1.54) is 4.90 Å². The van der Waals surface area contributed by atoms with Crippen molar-refractivity contribution in [1.82, 2.24) is 9.55 Å². The number of amides is 1. The zero-order valence-corrected chi connectivity index (χ0v) is 11.2. The fraction of sp³-hybridized carbons (Fsp3) is 0.214. The van der Waals surface area contributed by atoms with Gasteiger partial charge in [0.25, 0.3) is 5.91 Å². The standard InChI is InChI=1S/C14H15N5O/c1-18(12-4-2-3-11(7-12)8-16)14(20)13-9-19(6-5-15)10-17-13/h2-4,7,9-10H,5-6,15H2,1H3. The molecular weight excluding hydrogens is 254 g/mol. The average molecular weight is 269 g/mol. The van der Waals surface area contributed by atoms with Crippen molar-refractivity contribution >= 4 is 11.6 Å². The Bertz CT molecular complexity index is 656. The minimum atomic E-state index is -0.226. The van der Waals surface area contributed by atoms with E-state index in [0.717, 1.165) is 0 Å². The molecule has 1 aromatic carbocycles. The van der Waals surface area contributed by atoms with Crippen molar-refractivity contribution in [3.05, 3.63) is 48.0 Å². The fourth-order valence-electron chi connectivity index (χ4n) is 1.82. The average Bonchev–Trinajstić information content (AvgIpc) is 2.95. The van der Waals surface area contributed by atoms with E-state index >= 15 is 0 Å². The van der Waals surface area contributed by atoms with Crippen molar-refractivity contribution in [3.63, 3.8) is 0 Å². The van der Waals surface area contributed by atoms with Crippen molar-refractivity contribution in [2.45, 2.75) is 6.54 Å². The van der Waals surface area contributed by atoms with E-state index in [2.05, 4.69) is 11.1 Å². The number of rotatable bonds is 4. The number of nitrogens with zero attached hydrogens (tertiary/aromatic N) is 4. The van der Waals surface area contributed by atoms with Gasteiger partial charge in [-0.3, -0.25) is 4.79 Å². The van der Waals surface area contributed by atoms with Crippen LogP contribution >= 0.6 is 0 Å². The lowest BCUT2D eigenvalue weighted by molar-refractivity contribution is 0.0988. The molecule has 0 aliphatic heterocycles. The molecule has 0 atom stereocenters. The van der Waals surface area contributed by atoms with E-state index in [1.807, 2.05) is 0 Å². The molecule has 0 fully saturated rings. The van der Waals surface area contributed by atoms with Gasteiger partial charge in [0.2, 0.25) is 0 Å². The molecule has 2 N–H and O–H groups in total. The van der Waals surface area contributed by atoms with Crippen LogP contribution in [0.25, 0.3) is 0 Å². The number of benzene rings is 1. The first kappa shape index (κ1) is 13.8. The summed E-state index contributed by atoms with van der Waals surface area (Å²) in [5.74, 6) is -0.226. The Labute approximate surface area is 117 Å². The predicted octanol–water partition coefficient (Wildman–Crippen LogP) is 0.990. The van der Waals surface area contributed by atoms with Gasteiger partial charge >= 0.3 is 0 Å². The summed E-state index contributed by atoms with van der Waals surface area (Å²) >= 11 is 0. The molecule has 20 heavy (non-hydrogen) atoms. The van der Waals surface area contributed by atoms with Crippen LogP contribution in [0.1, 0.15) is 16.1 Å². The highest BCUT2D eigenvalue weighted by Gasteiger charge is 2.16. The van der Waals surface area contributed by atoms with Gasteiger partial charge in [-0.1, -0.05) is 6.07 Å². The summed E-state index contributed by atoms with van der Waals surface area (Å²) in [4.78, 5) is 17.8. The molecule has 0 bridgehead atoms. The Kier molecular flexibility index (Phi) is 4.13. The third-order valence-corrected chi connectivity index (χ3v) is 2.91. The molecule has 1 heterocycles. The summed E-state index contributed by atoms with van der Waals surface area (Å²) in [6.07, 6.45) is 3.25. The maximum Gasteiger partial charge on any atom is 0.278 e. The van der Waals surface area contributed by atoms with Crippen molar-refractivity contribution in [2.75, 3.05) is 18.5 Å². The Morgan fingerprint density at radius 2 is 2.35 bits per heavy atom. The van der Waals surface area contributed by atoms with Crippen molar-refractivity contribution in [2.24, 2.45) is 5.73 Å². The maximum absolute atomic E-state index is 12.3. The smallest absolute Gasteiger partial charge is 0.278 e. The molecule has 1 amide bonds. The molecular formula is C14H15N5O. The molecule has 2 rings (SSSR count). The van der Waals surface area contributed by atoms with E-state index in [1.54, 1.807) is 48.4 Å². The zero-order chi connectivity index (χ0) is 14.5. The highest BCUT2D eigenvalue weighted by atomic mass is 16.2. The van der Waals surface area contributed by atoms with Crippen LogP contribution in [0.5, 0.6) is 0 Å². The van der Waals surface area contributed by atoms with Crippen molar-refractivity contribution in [3.8, 4) is 6.07 Å². The monoisotopic (exact) mass is 269 g/mol. The lowest BCUT2D eigenvalue weighted by Crippen LogP contribution is -2.26. The minimum Gasteiger partial charge on any atom is -0.335 e. The van der Waals surface area contributed by atoms with Gasteiger partial charge in [0.15, 0.2) is 0 Å². The summed E-state index contributed by atoms with van der Waals surface area (Å²) in [6, 6.07) is 8.92. The van der Waals surface area contributed by atoms with Gasteiger partial charge in [-0.05, 0) is 18.2 Å². The lowest BCUT2D eigenvalue weighted by Gasteiger charge is -2.16. The van der Waals surface area contributed by atoms with Crippen LogP contribution < -0.4 is 10.6 Å². The number of nitrogens with two attached hydrogens (primary N) is 1. The number of nitriles is 1. The van der Waals surface area contributed by atoms with E-state index < -0.39 is 0 Å². The van der Waals surface area contributed by atoms with Crippen LogP contribution in [0.3, 0.4) is 0 Å². The molecule has 2 aromatic rings. The summed E-state index contributed by atoms with van der Waals surface area (Å²) in [5.41, 5.74) is 6.97. The van der Waals surface area contributed by atoms with Crippen LogP contribution in [0.2, 0.25) is 0 Å². The van der Waals surface area contributed by atoms with E-state index in [0.29, 0.717) is 30.0 Å². The number of hydrogen-bond acceptors (Lipinski definition) is 4. The number of anilines is 1. The highest BCUT2D eigenvalue weighted by Crippen LogP contribution is 2.16. The molecule has 0 spiro atoms. The Morgan fingerprint density at radius 3 is 3.05 bits per heavy atom. The van der Waals surface area contributed by atoms with Gasteiger partial charge in [0.1, 0.15) is 5.69 Å². The molecule has 102 valence electrons. The van der Waals surface area contributed by atoms with Gasteiger partial charge in [0, 0.05) is 32.0 Å². The Morgan fingerprint density at radius 1 is 1.55 bits per heavy atom. The third-order valence-electron chi connectivity index (χ3n) is 2.91. The molecule has 1 aromatic heterocycles. The quantitative estimate of drug-likeness (QED) is 0.896. The van der Waals surface area contributed by atoms with Crippen LogP contribution in [0.15, 0.2) is 36.8 Å². The van der Waals surface area contributed by atoms with Gasteiger partial charge in [-0.15, -0.1) is 0 Å². The second-order valence-electron chi connectivity index (χ2n) is 4.31. The Hall–Kier alpha value is -2.65. The van der Waals surface area contributed by atoms with Crippen LogP contribution in [-0.4, -0.2) is 29.1 Å². The first-order valence-electron chi connectivity index (χ1n) is 6.15. The molecule has 0 saturated heterocycles. The van der Waals surface area contributed by atoms with Crippen molar-refractivity contribution in [1.29, 1.82) is 5.26 Å². The topological polar surface area (TPSA) is 87.9 Å². The number of carbonyl (C=O) groups excluding carboxylic acids is 1. The summed E-state index contributed by atoms with van der Waals surface area (Å²) < 4.78 is 1.77. The van der Waals surface area contributed by atoms with Crippen molar-refractivity contribution < 1.29 is 4.79 Å². The van der Waals surface area contributed by atoms with E-state index in [4.69, 9.17) is 11.0 Å². The second-order valence-corrected chi connectivity index (χ2v) is 4.31. The van der Waals surface area contributed by atoms with Gasteiger partial charge in [-0.25, -0.2) is 4.98 Å². The SMILES string of the molecule is CN(C(=O)c1cn(CCN)cn1)c1cccc(C#N)c1. The van der Waals surface area contributed by atoms with Crippen LogP contribution in [0.4, 0.5) is 5.69 Å². The van der Waals surface area contributed by atoms with Gasteiger partial charge in [0.05, 0.1) is 18.0 Å². The first-order valence-corrected chi connectivity index (χ1v) is 6.15. The normalized spacial score (nSPS) is 10.1. The fourth-order valence-corrected chi connectivity index (χ4v) is 1.82.